The lowest BCUT2D eigenvalue weighted by molar-refractivity contribution is -0.119. The lowest BCUT2D eigenvalue weighted by atomic mass is 10.1. The highest BCUT2D eigenvalue weighted by atomic mass is 19.4. The normalized spacial score (nSPS) is 13.6. The van der Waals surface area contributed by atoms with Gasteiger partial charge < -0.3 is 10.6 Å². The quantitative estimate of drug-likeness (QED) is 0.836. The van der Waals surface area contributed by atoms with Gasteiger partial charge in [-0.3, -0.25) is 0 Å². The van der Waals surface area contributed by atoms with Crippen molar-refractivity contribution in [1.29, 1.82) is 0 Å². The molecule has 0 saturated heterocycles. The van der Waals surface area contributed by atoms with Gasteiger partial charge in [-0.1, -0.05) is 6.07 Å². The molecule has 0 aliphatic heterocycles. The first-order valence-corrected chi connectivity index (χ1v) is 5.03. The van der Waals surface area contributed by atoms with Crippen LogP contribution in [0.1, 0.15) is 18.5 Å². The van der Waals surface area contributed by atoms with Gasteiger partial charge in [-0.15, -0.1) is 0 Å². The van der Waals surface area contributed by atoms with E-state index in [0.717, 1.165) is 11.0 Å². The first-order chi connectivity index (χ1) is 7.70. The van der Waals surface area contributed by atoms with E-state index in [1.807, 2.05) is 0 Å². The van der Waals surface area contributed by atoms with Crippen LogP contribution >= 0.6 is 0 Å². The smallest absolute Gasteiger partial charge is 0.363 e. The van der Waals surface area contributed by atoms with Gasteiger partial charge in [0, 0.05) is 13.1 Å². The van der Waals surface area contributed by atoms with E-state index in [0.29, 0.717) is 5.56 Å². The number of rotatable bonds is 3. The zero-order valence-corrected chi connectivity index (χ0v) is 9.55. The number of hydrogen-bond donors (Lipinski definition) is 1. The fourth-order valence-corrected chi connectivity index (χ4v) is 1.47. The van der Waals surface area contributed by atoms with Crippen molar-refractivity contribution in [1.82, 2.24) is 0 Å². The molecule has 0 bridgehead atoms. The molecule has 2 nitrogen and oxygen atoms in total. The molecule has 1 aromatic carbocycles. The average Bonchev–Trinajstić information content (AvgIpc) is 2.14. The van der Waals surface area contributed by atoms with Crippen LogP contribution in [-0.2, 0) is 0 Å². The highest BCUT2D eigenvalue weighted by molar-refractivity contribution is 5.49. The van der Waals surface area contributed by atoms with E-state index in [2.05, 4.69) is 0 Å². The minimum Gasteiger partial charge on any atom is -0.363 e. The zero-order chi connectivity index (χ0) is 13.2. The topological polar surface area (TPSA) is 29.3 Å². The van der Waals surface area contributed by atoms with Crippen molar-refractivity contribution in [3.05, 3.63) is 29.6 Å². The summed E-state index contributed by atoms with van der Waals surface area (Å²) < 4.78 is 50.0. The molecule has 17 heavy (non-hydrogen) atoms. The molecule has 6 heteroatoms. The number of halogens is 4. The lowest BCUT2D eigenvalue weighted by Gasteiger charge is -2.22. The predicted molar refractivity (Wildman–Crippen MR) is 58.3 cm³/mol. The second-order valence-corrected chi connectivity index (χ2v) is 3.97. The largest absolute Gasteiger partial charge is 0.405 e. The molecule has 0 heterocycles. The maximum Gasteiger partial charge on any atom is 0.405 e. The van der Waals surface area contributed by atoms with Crippen LogP contribution in [0.4, 0.5) is 23.2 Å². The number of hydrogen-bond acceptors (Lipinski definition) is 2. The maximum absolute atomic E-state index is 13.6. The van der Waals surface area contributed by atoms with Crippen molar-refractivity contribution in [2.75, 3.05) is 18.5 Å². The summed E-state index contributed by atoms with van der Waals surface area (Å²) in [4.78, 5) is 0.820. The molecule has 1 atom stereocenters. The van der Waals surface area contributed by atoms with Crippen LogP contribution in [0.5, 0.6) is 0 Å². The Morgan fingerprint density at radius 3 is 2.35 bits per heavy atom. The zero-order valence-electron chi connectivity index (χ0n) is 9.55. The van der Waals surface area contributed by atoms with Crippen LogP contribution in [0.15, 0.2) is 18.2 Å². The predicted octanol–water partition coefficient (Wildman–Crippen LogP) is 2.84. The van der Waals surface area contributed by atoms with Crippen molar-refractivity contribution in [3.8, 4) is 0 Å². The SMILES string of the molecule is CC(N)c1ccc(N(C)CC(F)(F)F)c(F)c1. The third-order valence-corrected chi connectivity index (χ3v) is 2.33. The summed E-state index contributed by atoms with van der Waals surface area (Å²) in [6.07, 6.45) is -4.36. The van der Waals surface area contributed by atoms with Gasteiger partial charge in [0.15, 0.2) is 0 Å². The van der Waals surface area contributed by atoms with Gasteiger partial charge in [-0.05, 0) is 24.6 Å². The van der Waals surface area contributed by atoms with Crippen LogP contribution in [0, 0.1) is 5.82 Å². The molecule has 1 rings (SSSR count). The highest BCUT2D eigenvalue weighted by Crippen LogP contribution is 2.25. The lowest BCUT2D eigenvalue weighted by Crippen LogP contribution is -2.31. The number of nitrogens with zero attached hydrogens (tertiary/aromatic N) is 1. The Bertz CT molecular complexity index is 388. The standard InChI is InChI=1S/C11H14F4N2/c1-7(16)8-3-4-10(9(12)5-8)17(2)6-11(13,14)15/h3-5,7H,6,16H2,1-2H3. The Kier molecular flexibility index (Phi) is 3.98. The molecule has 0 spiro atoms. The van der Waals surface area contributed by atoms with E-state index in [9.17, 15) is 17.6 Å². The fourth-order valence-electron chi connectivity index (χ4n) is 1.47. The Labute approximate surface area is 97.0 Å². The molecular formula is C11H14F4N2. The summed E-state index contributed by atoms with van der Waals surface area (Å²) in [5.74, 6) is -0.702. The van der Waals surface area contributed by atoms with Gasteiger partial charge in [-0.25, -0.2) is 4.39 Å². The Balaban J connectivity index is 2.92. The molecule has 0 saturated carbocycles. The van der Waals surface area contributed by atoms with Crippen molar-refractivity contribution in [2.24, 2.45) is 5.73 Å². The summed E-state index contributed by atoms with van der Waals surface area (Å²) in [5.41, 5.74) is 6.01. The highest BCUT2D eigenvalue weighted by Gasteiger charge is 2.30. The number of alkyl halides is 3. The monoisotopic (exact) mass is 250 g/mol. The van der Waals surface area contributed by atoms with E-state index in [-0.39, 0.29) is 11.7 Å². The van der Waals surface area contributed by atoms with Gasteiger partial charge in [0.2, 0.25) is 0 Å². The van der Waals surface area contributed by atoms with Crippen molar-refractivity contribution in [3.63, 3.8) is 0 Å². The second kappa shape index (κ2) is 4.91. The summed E-state index contributed by atoms with van der Waals surface area (Å²) in [6.45, 7) is 0.481. The van der Waals surface area contributed by atoms with Crippen molar-refractivity contribution >= 4 is 5.69 Å². The fraction of sp³-hybridized carbons (Fsp3) is 0.455. The van der Waals surface area contributed by atoms with E-state index < -0.39 is 18.5 Å². The molecule has 0 aliphatic rings. The van der Waals surface area contributed by atoms with Gasteiger partial charge in [0.05, 0.1) is 5.69 Å². The Morgan fingerprint density at radius 1 is 1.35 bits per heavy atom. The minimum absolute atomic E-state index is 0.0910. The third-order valence-electron chi connectivity index (χ3n) is 2.33. The summed E-state index contributed by atoms with van der Waals surface area (Å²) >= 11 is 0. The number of nitrogens with two attached hydrogens (primary N) is 1. The average molecular weight is 250 g/mol. The molecule has 0 fully saturated rings. The molecule has 0 aliphatic carbocycles. The number of anilines is 1. The second-order valence-electron chi connectivity index (χ2n) is 3.97. The van der Waals surface area contributed by atoms with E-state index in [4.69, 9.17) is 5.73 Å². The third kappa shape index (κ3) is 3.89. The molecule has 96 valence electrons. The molecule has 1 unspecified atom stereocenters. The summed E-state index contributed by atoms with van der Waals surface area (Å²) in [5, 5.41) is 0. The van der Waals surface area contributed by atoms with Crippen LogP contribution in [0.2, 0.25) is 0 Å². The van der Waals surface area contributed by atoms with Crippen LogP contribution < -0.4 is 10.6 Å². The van der Waals surface area contributed by atoms with E-state index in [1.54, 1.807) is 6.92 Å². The first kappa shape index (κ1) is 13.8. The molecular weight excluding hydrogens is 236 g/mol. The summed E-state index contributed by atoms with van der Waals surface area (Å²) in [6, 6.07) is 3.63. The van der Waals surface area contributed by atoms with Gasteiger partial charge in [-0.2, -0.15) is 13.2 Å². The molecule has 0 amide bonds. The van der Waals surface area contributed by atoms with Crippen molar-refractivity contribution in [2.45, 2.75) is 19.1 Å². The van der Waals surface area contributed by atoms with Gasteiger partial charge in [0.25, 0.3) is 0 Å². The van der Waals surface area contributed by atoms with Gasteiger partial charge >= 0.3 is 6.18 Å². The van der Waals surface area contributed by atoms with Gasteiger partial charge in [0.1, 0.15) is 12.4 Å². The van der Waals surface area contributed by atoms with Crippen LogP contribution in [-0.4, -0.2) is 19.8 Å². The molecule has 0 radical (unpaired) electrons. The molecule has 0 aromatic heterocycles. The molecule has 1 aromatic rings. The van der Waals surface area contributed by atoms with E-state index >= 15 is 0 Å². The van der Waals surface area contributed by atoms with Crippen LogP contribution in [0.3, 0.4) is 0 Å². The maximum atomic E-state index is 13.6. The minimum atomic E-state index is -4.36. The Morgan fingerprint density at radius 2 is 1.94 bits per heavy atom. The van der Waals surface area contributed by atoms with Crippen LogP contribution in [0.25, 0.3) is 0 Å². The molecule has 2 N–H and O–H groups in total. The number of benzene rings is 1. The van der Waals surface area contributed by atoms with Crippen molar-refractivity contribution < 1.29 is 17.6 Å². The van der Waals surface area contributed by atoms with E-state index in [1.165, 1.54) is 19.2 Å². The first-order valence-electron chi connectivity index (χ1n) is 5.03. The summed E-state index contributed by atoms with van der Waals surface area (Å²) in [7, 11) is 1.19. The Hall–Kier alpha value is -1.30.